The van der Waals surface area contributed by atoms with Crippen molar-refractivity contribution in [3.05, 3.63) is 57.6 Å². The van der Waals surface area contributed by atoms with Gasteiger partial charge in [-0.25, -0.2) is 18.2 Å². The predicted molar refractivity (Wildman–Crippen MR) is 105 cm³/mol. The summed E-state index contributed by atoms with van der Waals surface area (Å²) < 4.78 is 28.4. The van der Waals surface area contributed by atoms with Crippen molar-refractivity contribution >= 4 is 54.1 Å². The number of sulfone groups is 1. The second-order valence-electron chi connectivity index (χ2n) is 5.89. The molecule has 0 aliphatic rings. The average Bonchev–Trinajstić information content (AvgIpc) is 3.07. The molecule has 29 heavy (non-hydrogen) atoms. The summed E-state index contributed by atoms with van der Waals surface area (Å²) in [6.07, 6.45) is 1.08. The summed E-state index contributed by atoms with van der Waals surface area (Å²) in [6.45, 7) is 0. The summed E-state index contributed by atoms with van der Waals surface area (Å²) in [4.78, 5) is 38.9. The molecule has 0 spiro atoms. The number of amides is 1. The Balaban J connectivity index is 1.94. The Morgan fingerprint density at radius 2 is 1.86 bits per heavy atom. The minimum Gasteiger partial charge on any atom is -0.465 e. The van der Waals surface area contributed by atoms with Crippen LogP contribution in [-0.2, 0) is 14.6 Å². The maximum Gasteiger partial charge on any atom is 0.338 e. The van der Waals surface area contributed by atoms with Gasteiger partial charge in [0.2, 0.25) is 0 Å². The highest BCUT2D eigenvalue weighted by Crippen LogP contribution is 2.29. The lowest BCUT2D eigenvalue weighted by Gasteiger charge is -2.05. The van der Waals surface area contributed by atoms with E-state index in [1.165, 1.54) is 24.3 Å². The van der Waals surface area contributed by atoms with Gasteiger partial charge in [-0.05, 0) is 24.3 Å². The zero-order chi connectivity index (χ0) is 21.3. The van der Waals surface area contributed by atoms with Gasteiger partial charge in [0, 0.05) is 24.0 Å². The number of hydrogen-bond acceptors (Lipinski definition) is 9. The number of esters is 1. The van der Waals surface area contributed by atoms with Crippen molar-refractivity contribution in [2.45, 2.75) is 4.90 Å². The van der Waals surface area contributed by atoms with Crippen molar-refractivity contribution in [3.8, 4) is 0 Å². The fourth-order valence-electron chi connectivity index (χ4n) is 2.44. The number of methoxy groups -OCH3 is 1. The first-order valence-electron chi connectivity index (χ1n) is 7.88. The van der Waals surface area contributed by atoms with Crippen molar-refractivity contribution < 1.29 is 27.7 Å². The number of hydrogen-bond donors (Lipinski definition) is 1. The van der Waals surface area contributed by atoms with E-state index < -0.39 is 32.3 Å². The Kier molecular flexibility index (Phi) is 5.31. The number of nitro benzene ring substituents is 1. The molecule has 1 aromatic heterocycles. The third-order valence-corrected chi connectivity index (χ3v) is 5.86. The number of thiazole rings is 1. The molecule has 0 bridgehead atoms. The first-order chi connectivity index (χ1) is 13.6. The van der Waals surface area contributed by atoms with Crippen LogP contribution in [0.1, 0.15) is 20.7 Å². The standard InChI is InChI=1S/C17H13N3O7S2/c1-27-16(22)10-5-9(6-11(7-10)20(23)24)15(21)19-17-18-13-4-3-12(29(2,25)26)8-14(13)28-17/h3-8H,1-2H3,(H,18,19,21). The Labute approximate surface area is 168 Å². The highest BCUT2D eigenvalue weighted by molar-refractivity contribution is 7.90. The molecule has 150 valence electrons. The number of nitro groups is 1. The van der Waals surface area contributed by atoms with Crippen molar-refractivity contribution in [3.63, 3.8) is 0 Å². The van der Waals surface area contributed by atoms with Crippen molar-refractivity contribution in [2.75, 3.05) is 18.7 Å². The third-order valence-electron chi connectivity index (χ3n) is 3.82. The molecule has 0 atom stereocenters. The average molecular weight is 435 g/mol. The van der Waals surface area contributed by atoms with E-state index in [9.17, 15) is 28.1 Å². The smallest absolute Gasteiger partial charge is 0.338 e. The summed E-state index contributed by atoms with van der Waals surface area (Å²) in [5.74, 6) is -1.54. The number of ether oxygens (including phenoxy) is 1. The van der Waals surface area contributed by atoms with Gasteiger partial charge in [0.1, 0.15) is 0 Å². The minimum absolute atomic E-state index is 0.118. The summed E-state index contributed by atoms with van der Waals surface area (Å²) in [5.41, 5.74) is -0.239. The van der Waals surface area contributed by atoms with Crippen molar-refractivity contribution in [1.29, 1.82) is 0 Å². The predicted octanol–water partition coefficient (Wildman–Crippen LogP) is 2.65. The van der Waals surface area contributed by atoms with Crippen LogP contribution in [0.25, 0.3) is 10.2 Å². The lowest BCUT2D eigenvalue weighted by molar-refractivity contribution is -0.384. The highest BCUT2D eigenvalue weighted by atomic mass is 32.2. The monoisotopic (exact) mass is 435 g/mol. The van der Waals surface area contributed by atoms with Gasteiger partial charge in [0.05, 0.1) is 32.7 Å². The summed E-state index contributed by atoms with van der Waals surface area (Å²) >= 11 is 1.04. The van der Waals surface area contributed by atoms with Crippen LogP contribution < -0.4 is 5.32 Å². The molecule has 2 aromatic carbocycles. The molecule has 0 aliphatic carbocycles. The number of benzene rings is 2. The minimum atomic E-state index is -3.40. The van der Waals surface area contributed by atoms with Crippen LogP contribution in [-0.4, -0.2) is 43.6 Å². The molecular weight excluding hydrogens is 422 g/mol. The third kappa shape index (κ3) is 4.38. The summed E-state index contributed by atoms with van der Waals surface area (Å²) in [5, 5.41) is 13.8. The molecule has 0 aliphatic heterocycles. The summed E-state index contributed by atoms with van der Waals surface area (Å²) in [6, 6.07) is 7.57. The topological polar surface area (TPSA) is 146 Å². The van der Waals surface area contributed by atoms with Gasteiger partial charge < -0.3 is 4.74 Å². The number of fused-ring (bicyclic) bond motifs is 1. The lowest BCUT2D eigenvalue weighted by Crippen LogP contribution is -2.13. The molecular formula is C17H13N3O7S2. The molecule has 3 rings (SSSR count). The van der Waals surface area contributed by atoms with Crippen LogP contribution in [0.2, 0.25) is 0 Å². The maximum absolute atomic E-state index is 12.5. The quantitative estimate of drug-likeness (QED) is 0.366. The van der Waals surface area contributed by atoms with Gasteiger partial charge in [-0.3, -0.25) is 20.2 Å². The fraction of sp³-hybridized carbons (Fsp3) is 0.118. The number of carbonyl (C=O) groups is 2. The van der Waals surface area contributed by atoms with E-state index in [-0.39, 0.29) is 21.2 Å². The van der Waals surface area contributed by atoms with Crippen LogP contribution in [0, 0.1) is 10.1 Å². The van der Waals surface area contributed by atoms with Gasteiger partial charge in [-0.15, -0.1) is 0 Å². The van der Waals surface area contributed by atoms with Crippen molar-refractivity contribution in [2.24, 2.45) is 0 Å². The zero-order valence-corrected chi connectivity index (χ0v) is 16.7. The van der Waals surface area contributed by atoms with Crippen LogP contribution in [0.3, 0.4) is 0 Å². The van der Waals surface area contributed by atoms with Gasteiger partial charge in [-0.1, -0.05) is 11.3 Å². The van der Waals surface area contributed by atoms with E-state index in [1.54, 1.807) is 0 Å². The first-order valence-corrected chi connectivity index (χ1v) is 10.6. The van der Waals surface area contributed by atoms with E-state index in [4.69, 9.17) is 0 Å². The van der Waals surface area contributed by atoms with E-state index >= 15 is 0 Å². The summed E-state index contributed by atoms with van der Waals surface area (Å²) in [7, 11) is -2.28. The molecule has 12 heteroatoms. The number of aromatic nitrogens is 1. The molecule has 0 saturated heterocycles. The zero-order valence-electron chi connectivity index (χ0n) is 15.0. The first kappa shape index (κ1) is 20.4. The van der Waals surface area contributed by atoms with Gasteiger partial charge in [-0.2, -0.15) is 0 Å². The van der Waals surface area contributed by atoms with E-state index in [0.717, 1.165) is 36.8 Å². The van der Waals surface area contributed by atoms with Crippen molar-refractivity contribution in [1.82, 2.24) is 4.98 Å². The largest absolute Gasteiger partial charge is 0.465 e. The van der Waals surface area contributed by atoms with Crippen LogP contribution in [0.4, 0.5) is 10.8 Å². The van der Waals surface area contributed by atoms with Crippen LogP contribution in [0.5, 0.6) is 0 Å². The van der Waals surface area contributed by atoms with Gasteiger partial charge in [0.25, 0.3) is 11.6 Å². The number of rotatable bonds is 5. The molecule has 1 N–H and O–H groups in total. The van der Waals surface area contributed by atoms with Crippen LogP contribution in [0.15, 0.2) is 41.3 Å². The SMILES string of the molecule is COC(=O)c1cc(C(=O)Nc2nc3ccc(S(C)(=O)=O)cc3s2)cc([N+](=O)[O-])c1. The van der Waals surface area contributed by atoms with Gasteiger partial charge >= 0.3 is 5.97 Å². The molecule has 1 amide bonds. The van der Waals surface area contributed by atoms with E-state index in [2.05, 4.69) is 15.0 Å². The number of nitrogens with zero attached hydrogens (tertiary/aromatic N) is 2. The fourth-order valence-corrected chi connectivity index (χ4v) is 4.06. The molecule has 0 unspecified atom stereocenters. The molecule has 0 radical (unpaired) electrons. The number of nitrogens with one attached hydrogen (secondary N) is 1. The molecule has 10 nitrogen and oxygen atoms in total. The second-order valence-corrected chi connectivity index (χ2v) is 8.94. The molecule has 0 fully saturated rings. The Morgan fingerprint density at radius 1 is 1.17 bits per heavy atom. The highest BCUT2D eigenvalue weighted by Gasteiger charge is 2.19. The number of anilines is 1. The second kappa shape index (κ2) is 7.56. The van der Waals surface area contributed by atoms with E-state index in [0.29, 0.717) is 10.2 Å². The Hall–Kier alpha value is -3.38. The van der Waals surface area contributed by atoms with E-state index in [1.807, 2.05) is 0 Å². The number of non-ortho nitro benzene ring substituents is 1. The Morgan fingerprint density at radius 3 is 2.48 bits per heavy atom. The normalized spacial score (nSPS) is 11.2. The molecule has 0 saturated carbocycles. The maximum atomic E-state index is 12.5. The lowest BCUT2D eigenvalue weighted by atomic mass is 10.1. The van der Waals surface area contributed by atoms with Crippen LogP contribution >= 0.6 is 11.3 Å². The molecule has 3 aromatic rings. The van der Waals surface area contributed by atoms with Gasteiger partial charge in [0.15, 0.2) is 15.0 Å². The molecule has 1 heterocycles. The Bertz CT molecular complexity index is 1270. The number of carbonyl (C=O) groups excluding carboxylic acids is 2.